The Labute approximate surface area is 174 Å². The molecule has 1 aromatic carbocycles. The van der Waals surface area contributed by atoms with Gasteiger partial charge < -0.3 is 15.8 Å². The topological polar surface area (TPSA) is 76.7 Å². The van der Waals surface area contributed by atoms with Gasteiger partial charge in [0.2, 0.25) is 5.91 Å². The summed E-state index contributed by atoms with van der Waals surface area (Å²) < 4.78 is 6.25. The fourth-order valence-electron chi connectivity index (χ4n) is 4.49. The van der Waals surface area contributed by atoms with Crippen LogP contribution in [0.5, 0.6) is 0 Å². The normalized spacial score (nSPS) is 33.2. The van der Waals surface area contributed by atoms with E-state index in [4.69, 9.17) is 33.7 Å². The van der Waals surface area contributed by atoms with Crippen LogP contribution in [0, 0.1) is 23.7 Å². The Morgan fingerprint density at radius 2 is 1.93 bits per heavy atom. The van der Waals surface area contributed by atoms with Crippen LogP contribution in [0.4, 0.5) is 5.69 Å². The molecule has 148 valence electrons. The van der Waals surface area contributed by atoms with E-state index in [1.165, 1.54) is 0 Å². The van der Waals surface area contributed by atoms with Crippen LogP contribution < -0.4 is 11.1 Å². The highest BCUT2D eigenvalue weighted by Crippen LogP contribution is 2.56. The molecule has 3 aliphatic rings. The van der Waals surface area contributed by atoms with Crippen LogP contribution in [0.3, 0.4) is 0 Å². The van der Waals surface area contributed by atoms with E-state index in [0.717, 1.165) is 18.5 Å². The van der Waals surface area contributed by atoms with E-state index >= 15 is 0 Å². The van der Waals surface area contributed by atoms with Crippen molar-refractivity contribution < 1.29 is 9.53 Å². The third-order valence-electron chi connectivity index (χ3n) is 5.83. The highest BCUT2D eigenvalue weighted by atomic mass is 35.5. The summed E-state index contributed by atoms with van der Waals surface area (Å²) in [5.74, 6) is 0.0759. The summed E-state index contributed by atoms with van der Waals surface area (Å²) in [6.07, 6.45) is 8.43. The minimum Gasteiger partial charge on any atom is -0.404 e. The number of ether oxygens (including phenoxy) is 1. The Balaban J connectivity index is 1.60. The number of carbonyl (C=O) groups excluding carboxylic acids is 1. The summed E-state index contributed by atoms with van der Waals surface area (Å²) in [7, 11) is 0. The van der Waals surface area contributed by atoms with Crippen molar-refractivity contribution in [3.8, 4) is 0 Å². The zero-order chi connectivity index (χ0) is 19.8. The second kappa shape index (κ2) is 7.90. The average molecular weight is 420 g/mol. The molecule has 2 heterocycles. The minimum absolute atomic E-state index is 0.0487. The molecule has 2 bridgehead atoms. The predicted octanol–water partition coefficient (Wildman–Crippen LogP) is 4.07. The van der Waals surface area contributed by atoms with Gasteiger partial charge in [-0.05, 0) is 36.4 Å². The van der Waals surface area contributed by atoms with Gasteiger partial charge in [-0.25, -0.2) is 0 Å². The number of hydrogen-bond acceptors (Lipinski definition) is 4. The van der Waals surface area contributed by atoms with Crippen molar-refractivity contribution in [1.29, 1.82) is 0 Å². The van der Waals surface area contributed by atoms with Gasteiger partial charge in [-0.2, -0.15) is 0 Å². The molecule has 3 N–H and O–H groups in total. The minimum atomic E-state index is -0.339. The Kier molecular flexibility index (Phi) is 5.50. The predicted molar refractivity (Wildman–Crippen MR) is 113 cm³/mol. The highest BCUT2D eigenvalue weighted by molar-refractivity contribution is 6.42. The van der Waals surface area contributed by atoms with E-state index < -0.39 is 0 Å². The molecule has 7 heteroatoms. The third kappa shape index (κ3) is 3.25. The number of hydrogen-bond donors (Lipinski definition) is 2. The summed E-state index contributed by atoms with van der Waals surface area (Å²) in [6.45, 7) is 2.80. The van der Waals surface area contributed by atoms with Gasteiger partial charge in [0.25, 0.3) is 0 Å². The lowest BCUT2D eigenvalue weighted by Crippen LogP contribution is -2.47. The summed E-state index contributed by atoms with van der Waals surface area (Å²) >= 11 is 12.1. The molecule has 1 aromatic rings. The Bertz CT molecular complexity index is 867. The fourth-order valence-corrected chi connectivity index (χ4v) is 4.79. The highest BCUT2D eigenvalue weighted by Gasteiger charge is 2.63. The first-order valence-electron chi connectivity index (χ1n) is 9.56. The van der Waals surface area contributed by atoms with Gasteiger partial charge in [0.15, 0.2) is 0 Å². The number of nitrogens with two attached hydrogens (primary N) is 1. The van der Waals surface area contributed by atoms with Crippen molar-refractivity contribution in [1.82, 2.24) is 0 Å². The number of amides is 1. The van der Waals surface area contributed by atoms with Crippen LogP contribution in [0.25, 0.3) is 0 Å². The molecule has 0 radical (unpaired) electrons. The molecular weight excluding hydrogens is 397 g/mol. The lowest BCUT2D eigenvalue weighted by Gasteiger charge is -2.39. The summed E-state index contributed by atoms with van der Waals surface area (Å²) in [4.78, 5) is 17.7. The molecule has 2 aliphatic heterocycles. The number of anilines is 1. The van der Waals surface area contributed by atoms with Crippen LogP contribution >= 0.6 is 23.2 Å². The van der Waals surface area contributed by atoms with E-state index in [0.29, 0.717) is 21.7 Å². The average Bonchev–Trinajstić information content (AvgIpc) is 3.11. The maximum atomic E-state index is 13.2. The second-order valence-electron chi connectivity index (χ2n) is 7.48. The van der Waals surface area contributed by atoms with E-state index in [9.17, 15) is 4.79 Å². The van der Waals surface area contributed by atoms with Gasteiger partial charge in [0, 0.05) is 36.2 Å². The summed E-state index contributed by atoms with van der Waals surface area (Å²) in [5, 5.41) is 3.82. The van der Waals surface area contributed by atoms with Gasteiger partial charge in [-0.15, -0.1) is 0 Å². The number of nitrogens with zero attached hydrogens (tertiary/aromatic N) is 1. The number of rotatable bonds is 6. The van der Waals surface area contributed by atoms with Gasteiger partial charge in [-0.3, -0.25) is 9.79 Å². The lowest BCUT2D eigenvalue weighted by molar-refractivity contribution is -0.122. The van der Waals surface area contributed by atoms with Crippen molar-refractivity contribution in [2.75, 3.05) is 11.9 Å². The number of fused-ring (bicyclic) bond motifs is 5. The SMILES string of the molecule is CCCN=C/C(=C\N)[C@@H]1[C@@H]2O[C@@H]([C@H]3C=C[C@H]32)[C@H]1C(=O)Nc1ccc(Cl)c(Cl)c1. The Morgan fingerprint density at radius 1 is 1.21 bits per heavy atom. The largest absolute Gasteiger partial charge is 0.404 e. The standard InChI is InChI=1S/C21H23Cl2N3O2/c1-2-7-25-10-11(9-24)17-18(20-14-5-4-13(14)19(17)28-20)21(27)26-12-3-6-15(22)16(23)8-12/h3-6,8-10,13-14,17-20H,2,7,24H2,1H3,(H,26,27)/b11-9+,25-10?/t13-,14+,17+,18+,19-,20+/m1/s1. The van der Waals surface area contributed by atoms with Crippen LogP contribution in [-0.2, 0) is 9.53 Å². The lowest BCUT2D eigenvalue weighted by atomic mass is 9.61. The summed E-state index contributed by atoms with van der Waals surface area (Å²) in [5.41, 5.74) is 7.39. The first-order valence-corrected chi connectivity index (χ1v) is 10.3. The number of nitrogens with one attached hydrogen (secondary N) is 1. The molecule has 0 spiro atoms. The molecule has 0 unspecified atom stereocenters. The zero-order valence-corrected chi connectivity index (χ0v) is 17.0. The van der Waals surface area contributed by atoms with Crippen LogP contribution in [-0.4, -0.2) is 30.9 Å². The first-order chi connectivity index (χ1) is 13.5. The van der Waals surface area contributed by atoms with Gasteiger partial charge >= 0.3 is 0 Å². The maximum Gasteiger partial charge on any atom is 0.230 e. The van der Waals surface area contributed by atoms with Crippen molar-refractivity contribution in [2.24, 2.45) is 34.4 Å². The molecule has 0 saturated carbocycles. The van der Waals surface area contributed by atoms with Crippen molar-refractivity contribution in [3.63, 3.8) is 0 Å². The first kappa shape index (κ1) is 19.5. The number of benzene rings is 1. The number of carbonyl (C=O) groups is 1. The molecule has 5 nitrogen and oxygen atoms in total. The molecule has 2 saturated heterocycles. The molecule has 28 heavy (non-hydrogen) atoms. The maximum absolute atomic E-state index is 13.2. The monoisotopic (exact) mass is 419 g/mol. The fraction of sp³-hybridized carbons (Fsp3) is 0.429. The van der Waals surface area contributed by atoms with Crippen LogP contribution in [0.15, 0.2) is 47.1 Å². The molecule has 1 aliphatic carbocycles. The Hall–Kier alpha value is -1.82. The van der Waals surface area contributed by atoms with Gasteiger partial charge in [0.05, 0.1) is 28.2 Å². The Morgan fingerprint density at radius 3 is 2.54 bits per heavy atom. The molecular formula is C21H23Cl2N3O2. The molecule has 4 rings (SSSR count). The zero-order valence-electron chi connectivity index (χ0n) is 15.5. The molecule has 1 amide bonds. The smallest absolute Gasteiger partial charge is 0.230 e. The van der Waals surface area contributed by atoms with Gasteiger partial charge in [-0.1, -0.05) is 42.3 Å². The second-order valence-corrected chi connectivity index (χ2v) is 8.29. The van der Waals surface area contributed by atoms with E-state index in [1.807, 2.05) is 0 Å². The molecule has 0 aromatic heterocycles. The van der Waals surface area contributed by atoms with Gasteiger partial charge in [0.1, 0.15) is 0 Å². The summed E-state index contributed by atoms with van der Waals surface area (Å²) in [6, 6.07) is 5.06. The van der Waals surface area contributed by atoms with Crippen LogP contribution in [0.1, 0.15) is 13.3 Å². The van der Waals surface area contributed by atoms with E-state index in [2.05, 4.69) is 29.4 Å². The molecule has 6 atom stereocenters. The number of aliphatic imine (C=N–C) groups is 1. The van der Waals surface area contributed by atoms with Crippen molar-refractivity contribution in [3.05, 3.63) is 52.2 Å². The number of halogens is 2. The van der Waals surface area contributed by atoms with E-state index in [1.54, 1.807) is 30.6 Å². The van der Waals surface area contributed by atoms with Crippen molar-refractivity contribution >= 4 is 41.0 Å². The third-order valence-corrected chi connectivity index (χ3v) is 6.57. The quantitative estimate of drug-likeness (QED) is 0.538. The van der Waals surface area contributed by atoms with Crippen molar-refractivity contribution in [2.45, 2.75) is 25.6 Å². The van der Waals surface area contributed by atoms with Crippen LogP contribution in [0.2, 0.25) is 10.0 Å². The van der Waals surface area contributed by atoms with E-state index in [-0.39, 0.29) is 35.9 Å². The molecule has 2 fully saturated rings.